The number of carbonyl (C=O) groups excluding carboxylic acids is 4. The number of hydrogen-bond acceptors (Lipinski definition) is 9. The standard InChI is InChI=1S/C41H52ClN5O7/c1-5-6-25-52-37(49)32-12-10-11-29(26-32)28-47(24-23-46-21-8-7-9-22-46)36(48)20-16-30-15-19-34(27-35(30)42)53-38(50)31-13-17-33(18-14-31)44-39(43)45-40(51)54-41(2,3)4/h10-15,17-19,26-27H,5-9,16,20-25,28H2,1-4H3,(H3,43,44,45,51). The second-order valence-electron chi connectivity index (χ2n) is 14.2. The Bertz CT molecular complexity index is 1770. The van der Waals surface area contributed by atoms with Crippen molar-refractivity contribution in [3.05, 3.63) is 94.0 Å². The maximum Gasteiger partial charge on any atom is 0.414 e. The van der Waals surface area contributed by atoms with Crippen molar-refractivity contribution in [2.75, 3.05) is 32.8 Å². The summed E-state index contributed by atoms with van der Waals surface area (Å²) < 4.78 is 16.1. The highest BCUT2D eigenvalue weighted by Crippen LogP contribution is 2.25. The molecule has 3 aromatic rings. The van der Waals surface area contributed by atoms with E-state index in [1.165, 1.54) is 18.6 Å². The molecule has 3 aromatic carbocycles. The Morgan fingerprint density at radius 1 is 0.944 bits per heavy atom. The second-order valence-corrected chi connectivity index (χ2v) is 14.6. The number of benzene rings is 3. The van der Waals surface area contributed by atoms with Gasteiger partial charge in [-0.1, -0.05) is 49.6 Å². The lowest BCUT2D eigenvalue weighted by atomic mass is 10.1. The number of aryl methyl sites for hydroxylation is 1. The number of unbranched alkanes of at least 4 members (excludes halogenated alkanes) is 1. The van der Waals surface area contributed by atoms with E-state index in [9.17, 15) is 19.2 Å². The van der Waals surface area contributed by atoms with Gasteiger partial charge in [0.25, 0.3) is 0 Å². The van der Waals surface area contributed by atoms with Crippen LogP contribution in [-0.2, 0) is 27.2 Å². The Hall–Kier alpha value is -4.94. The molecule has 0 bridgehead atoms. The van der Waals surface area contributed by atoms with Crippen LogP contribution in [0.1, 0.15) is 98.1 Å². The number of nitrogens with one attached hydrogen (secondary N) is 1. The number of alkyl carbamates (subject to hydrolysis) is 1. The summed E-state index contributed by atoms with van der Waals surface area (Å²) in [6.45, 7) is 11.4. The number of rotatable bonds is 15. The molecule has 0 radical (unpaired) electrons. The van der Waals surface area contributed by atoms with Crippen LogP contribution in [0.5, 0.6) is 5.75 Å². The van der Waals surface area contributed by atoms with Crippen molar-refractivity contribution >= 4 is 47.2 Å². The molecule has 0 saturated carbocycles. The third-order valence-electron chi connectivity index (χ3n) is 8.58. The van der Waals surface area contributed by atoms with Crippen molar-refractivity contribution in [3.63, 3.8) is 0 Å². The van der Waals surface area contributed by atoms with Gasteiger partial charge in [0.05, 0.1) is 23.4 Å². The molecular formula is C41H52ClN5O7. The van der Waals surface area contributed by atoms with Gasteiger partial charge in [-0.15, -0.1) is 0 Å². The fourth-order valence-corrected chi connectivity index (χ4v) is 6.02. The molecular weight excluding hydrogens is 710 g/mol. The van der Waals surface area contributed by atoms with Gasteiger partial charge >= 0.3 is 18.0 Å². The van der Waals surface area contributed by atoms with Gasteiger partial charge in [0.15, 0.2) is 0 Å². The molecule has 1 saturated heterocycles. The molecule has 13 heteroatoms. The van der Waals surface area contributed by atoms with Gasteiger partial charge in [0, 0.05) is 31.1 Å². The maximum atomic E-state index is 13.7. The van der Waals surface area contributed by atoms with E-state index in [2.05, 4.69) is 15.2 Å². The summed E-state index contributed by atoms with van der Waals surface area (Å²) in [4.78, 5) is 59.5. The molecule has 4 rings (SSSR count). The minimum absolute atomic E-state index is 0.0235. The van der Waals surface area contributed by atoms with E-state index in [4.69, 9.17) is 31.5 Å². The van der Waals surface area contributed by atoms with Crippen molar-refractivity contribution in [3.8, 4) is 5.75 Å². The van der Waals surface area contributed by atoms with Crippen LogP contribution in [-0.4, -0.2) is 78.1 Å². The average Bonchev–Trinajstić information content (AvgIpc) is 3.13. The lowest BCUT2D eigenvalue weighted by molar-refractivity contribution is -0.132. The first kappa shape index (κ1) is 41.8. The maximum absolute atomic E-state index is 13.7. The summed E-state index contributed by atoms with van der Waals surface area (Å²) in [5.74, 6) is -0.895. The lowest BCUT2D eigenvalue weighted by Crippen LogP contribution is -2.40. The van der Waals surface area contributed by atoms with E-state index < -0.39 is 17.7 Å². The predicted molar refractivity (Wildman–Crippen MR) is 209 cm³/mol. The van der Waals surface area contributed by atoms with Crippen molar-refractivity contribution in [1.82, 2.24) is 15.1 Å². The number of hydrogen-bond donors (Lipinski definition) is 2. The lowest BCUT2D eigenvalue weighted by Gasteiger charge is -2.30. The van der Waals surface area contributed by atoms with Gasteiger partial charge in [-0.25, -0.2) is 19.4 Å². The van der Waals surface area contributed by atoms with Gasteiger partial charge in [0.2, 0.25) is 11.9 Å². The number of amides is 2. The highest BCUT2D eigenvalue weighted by molar-refractivity contribution is 6.31. The summed E-state index contributed by atoms with van der Waals surface area (Å²) in [6, 6.07) is 18.4. The molecule has 1 aliphatic heterocycles. The van der Waals surface area contributed by atoms with E-state index in [0.29, 0.717) is 42.4 Å². The summed E-state index contributed by atoms with van der Waals surface area (Å²) in [6.07, 6.45) is 5.19. The fraction of sp³-hybridized carbons (Fsp3) is 0.439. The van der Waals surface area contributed by atoms with Crippen LogP contribution in [0.25, 0.3) is 0 Å². The summed E-state index contributed by atoms with van der Waals surface area (Å²) in [7, 11) is 0. The first-order chi connectivity index (χ1) is 25.8. The van der Waals surface area contributed by atoms with E-state index in [1.54, 1.807) is 63.2 Å². The van der Waals surface area contributed by atoms with Crippen LogP contribution < -0.4 is 15.8 Å². The molecule has 1 heterocycles. The number of likely N-dealkylation sites (tertiary alicyclic amines) is 1. The Balaban J connectivity index is 1.35. The number of aliphatic imine (C=N–C) groups is 1. The molecule has 12 nitrogen and oxygen atoms in total. The van der Waals surface area contributed by atoms with Gasteiger partial charge in [-0.05, 0) is 119 Å². The number of carbonyl (C=O) groups is 4. The number of nitrogens with two attached hydrogens (primary N) is 1. The number of nitrogens with zero attached hydrogens (tertiary/aromatic N) is 3. The van der Waals surface area contributed by atoms with Crippen LogP contribution >= 0.6 is 11.6 Å². The molecule has 0 atom stereocenters. The molecule has 1 fully saturated rings. The van der Waals surface area contributed by atoms with Crippen LogP contribution in [0.2, 0.25) is 5.02 Å². The third-order valence-corrected chi connectivity index (χ3v) is 8.93. The van der Waals surface area contributed by atoms with Crippen molar-refractivity contribution in [1.29, 1.82) is 0 Å². The van der Waals surface area contributed by atoms with Crippen LogP contribution in [0.4, 0.5) is 10.5 Å². The highest BCUT2D eigenvalue weighted by Gasteiger charge is 2.20. The SMILES string of the molecule is CCCCOC(=O)c1cccc(CN(CCN2CCCCC2)C(=O)CCc2ccc(OC(=O)c3ccc(N=C(N)NC(=O)OC(C)(C)C)cc3)cc2Cl)c1. The fourth-order valence-electron chi connectivity index (χ4n) is 5.75. The van der Waals surface area contributed by atoms with Crippen LogP contribution in [0.15, 0.2) is 71.7 Å². The Kier molecular flexibility index (Phi) is 15.9. The van der Waals surface area contributed by atoms with Crippen molar-refractivity contribution in [2.24, 2.45) is 10.7 Å². The van der Waals surface area contributed by atoms with Gasteiger partial charge < -0.3 is 29.7 Å². The van der Waals surface area contributed by atoms with E-state index in [0.717, 1.165) is 56.4 Å². The summed E-state index contributed by atoms with van der Waals surface area (Å²) in [5.41, 5.74) is 7.87. The number of esters is 2. The normalized spacial score (nSPS) is 13.5. The van der Waals surface area contributed by atoms with Gasteiger partial charge in [-0.2, -0.15) is 0 Å². The topological polar surface area (TPSA) is 153 Å². The first-order valence-corrected chi connectivity index (χ1v) is 18.9. The predicted octanol–water partition coefficient (Wildman–Crippen LogP) is 7.43. The van der Waals surface area contributed by atoms with Crippen LogP contribution in [0, 0.1) is 0 Å². The molecule has 290 valence electrons. The Morgan fingerprint density at radius 3 is 2.37 bits per heavy atom. The molecule has 0 unspecified atom stereocenters. The average molecular weight is 762 g/mol. The Labute approximate surface area is 323 Å². The smallest absolute Gasteiger partial charge is 0.414 e. The Morgan fingerprint density at radius 2 is 1.69 bits per heavy atom. The molecule has 2 amide bonds. The number of halogens is 1. The van der Waals surface area contributed by atoms with Crippen LogP contribution in [0.3, 0.4) is 0 Å². The zero-order chi connectivity index (χ0) is 39.1. The van der Waals surface area contributed by atoms with Crippen molar-refractivity contribution < 1.29 is 33.4 Å². The molecule has 3 N–H and O–H groups in total. The quantitative estimate of drug-likeness (QED) is 0.0529. The summed E-state index contributed by atoms with van der Waals surface area (Å²) >= 11 is 6.62. The zero-order valence-corrected chi connectivity index (χ0v) is 32.5. The molecule has 54 heavy (non-hydrogen) atoms. The first-order valence-electron chi connectivity index (χ1n) is 18.5. The largest absolute Gasteiger partial charge is 0.462 e. The summed E-state index contributed by atoms with van der Waals surface area (Å²) in [5, 5.41) is 2.73. The number of ether oxygens (including phenoxy) is 3. The second kappa shape index (κ2) is 20.5. The minimum atomic E-state index is -0.730. The number of piperidine rings is 1. The monoisotopic (exact) mass is 761 g/mol. The number of guanidine groups is 1. The highest BCUT2D eigenvalue weighted by atomic mass is 35.5. The van der Waals surface area contributed by atoms with E-state index in [-0.39, 0.29) is 35.6 Å². The third kappa shape index (κ3) is 14.1. The molecule has 0 spiro atoms. The minimum Gasteiger partial charge on any atom is -0.462 e. The van der Waals surface area contributed by atoms with E-state index in [1.807, 2.05) is 24.0 Å². The van der Waals surface area contributed by atoms with Crippen molar-refractivity contribution in [2.45, 2.75) is 84.8 Å². The van der Waals surface area contributed by atoms with Gasteiger partial charge in [0.1, 0.15) is 11.4 Å². The molecule has 1 aliphatic rings. The molecule has 0 aliphatic carbocycles. The van der Waals surface area contributed by atoms with E-state index >= 15 is 0 Å². The zero-order valence-electron chi connectivity index (χ0n) is 31.7. The van der Waals surface area contributed by atoms with Gasteiger partial charge in [-0.3, -0.25) is 10.1 Å². The molecule has 0 aromatic heterocycles.